The van der Waals surface area contributed by atoms with E-state index >= 15 is 0 Å². The molecule has 19 heavy (non-hydrogen) atoms. The van der Waals surface area contributed by atoms with Gasteiger partial charge >= 0.3 is 0 Å². The molecule has 4 nitrogen and oxygen atoms in total. The van der Waals surface area contributed by atoms with E-state index in [1.54, 1.807) is 11.6 Å². The first-order chi connectivity index (χ1) is 9.05. The molecule has 1 aromatic carbocycles. The standard InChI is InChI=1S/C13H15F2N3O/c1-3-19-13(2,7-18-9-16-8-17-18)11-5-4-10(14)6-12(11)15/h4-6,8-9H,3,7H2,1-2H3/t13-/m0/s1. The summed E-state index contributed by atoms with van der Waals surface area (Å²) >= 11 is 0. The predicted octanol–water partition coefficient (Wildman–Crippen LogP) is 2.51. The largest absolute Gasteiger partial charge is 0.369 e. The van der Waals surface area contributed by atoms with Crippen molar-refractivity contribution in [3.05, 3.63) is 48.1 Å². The molecule has 0 bridgehead atoms. The third-order valence-electron chi connectivity index (χ3n) is 2.89. The van der Waals surface area contributed by atoms with Crippen LogP contribution in [-0.4, -0.2) is 21.4 Å². The number of ether oxygens (including phenoxy) is 1. The van der Waals surface area contributed by atoms with Crippen LogP contribution in [0.25, 0.3) is 0 Å². The quantitative estimate of drug-likeness (QED) is 0.835. The lowest BCUT2D eigenvalue weighted by Crippen LogP contribution is -2.33. The van der Waals surface area contributed by atoms with Crippen molar-refractivity contribution < 1.29 is 13.5 Å². The third-order valence-corrected chi connectivity index (χ3v) is 2.89. The van der Waals surface area contributed by atoms with Gasteiger partial charge in [0.2, 0.25) is 0 Å². The van der Waals surface area contributed by atoms with E-state index in [-0.39, 0.29) is 0 Å². The first-order valence-electron chi connectivity index (χ1n) is 5.97. The molecular weight excluding hydrogens is 252 g/mol. The first-order valence-corrected chi connectivity index (χ1v) is 5.97. The molecule has 1 atom stereocenters. The Bertz CT molecular complexity index is 545. The van der Waals surface area contributed by atoms with Gasteiger partial charge in [0.25, 0.3) is 0 Å². The monoisotopic (exact) mass is 267 g/mol. The van der Waals surface area contributed by atoms with Gasteiger partial charge in [-0.1, -0.05) is 6.07 Å². The number of halogens is 2. The second-order valence-electron chi connectivity index (χ2n) is 4.38. The Balaban J connectivity index is 2.37. The van der Waals surface area contributed by atoms with Crippen molar-refractivity contribution >= 4 is 0 Å². The molecule has 0 unspecified atom stereocenters. The van der Waals surface area contributed by atoms with E-state index in [0.29, 0.717) is 18.7 Å². The van der Waals surface area contributed by atoms with Gasteiger partial charge in [-0.3, -0.25) is 0 Å². The van der Waals surface area contributed by atoms with Crippen molar-refractivity contribution in [2.45, 2.75) is 26.0 Å². The molecule has 2 rings (SSSR count). The summed E-state index contributed by atoms with van der Waals surface area (Å²) in [4.78, 5) is 3.84. The van der Waals surface area contributed by atoms with Crippen LogP contribution in [0.5, 0.6) is 0 Å². The molecule has 1 heterocycles. The molecule has 0 radical (unpaired) electrons. The van der Waals surface area contributed by atoms with Crippen LogP contribution < -0.4 is 0 Å². The smallest absolute Gasteiger partial charge is 0.137 e. The molecule has 0 amide bonds. The van der Waals surface area contributed by atoms with Gasteiger partial charge in [0.15, 0.2) is 0 Å². The van der Waals surface area contributed by atoms with Crippen LogP contribution in [0.4, 0.5) is 8.78 Å². The molecule has 0 aliphatic rings. The average molecular weight is 267 g/mol. The van der Waals surface area contributed by atoms with Crippen LogP contribution in [-0.2, 0) is 16.9 Å². The molecule has 1 aromatic heterocycles. The van der Waals surface area contributed by atoms with Crippen LogP contribution in [0.2, 0.25) is 0 Å². The Morgan fingerprint density at radius 1 is 1.37 bits per heavy atom. The van der Waals surface area contributed by atoms with E-state index in [1.807, 2.05) is 6.92 Å². The zero-order valence-electron chi connectivity index (χ0n) is 10.8. The Morgan fingerprint density at radius 2 is 2.16 bits per heavy atom. The number of benzene rings is 1. The number of nitrogens with zero attached hydrogens (tertiary/aromatic N) is 3. The number of hydrogen-bond acceptors (Lipinski definition) is 3. The normalized spacial score (nSPS) is 14.3. The number of aromatic nitrogens is 3. The van der Waals surface area contributed by atoms with E-state index < -0.39 is 17.2 Å². The lowest BCUT2D eigenvalue weighted by atomic mass is 9.95. The summed E-state index contributed by atoms with van der Waals surface area (Å²) in [5, 5.41) is 3.99. The van der Waals surface area contributed by atoms with Crippen molar-refractivity contribution in [2.24, 2.45) is 0 Å². The minimum Gasteiger partial charge on any atom is -0.369 e. The van der Waals surface area contributed by atoms with Gasteiger partial charge in [-0.05, 0) is 19.9 Å². The van der Waals surface area contributed by atoms with Crippen LogP contribution in [0.3, 0.4) is 0 Å². The maximum atomic E-state index is 13.9. The Morgan fingerprint density at radius 3 is 2.74 bits per heavy atom. The fourth-order valence-electron chi connectivity index (χ4n) is 2.07. The highest BCUT2D eigenvalue weighted by Crippen LogP contribution is 2.29. The van der Waals surface area contributed by atoms with Gasteiger partial charge in [0.05, 0.1) is 6.54 Å². The zero-order chi connectivity index (χ0) is 13.9. The maximum absolute atomic E-state index is 13.9. The Kier molecular flexibility index (Phi) is 3.90. The van der Waals surface area contributed by atoms with Gasteiger partial charge in [-0.2, -0.15) is 5.10 Å². The van der Waals surface area contributed by atoms with E-state index in [0.717, 1.165) is 6.07 Å². The summed E-state index contributed by atoms with van der Waals surface area (Å²) in [6, 6.07) is 3.47. The fourth-order valence-corrected chi connectivity index (χ4v) is 2.07. The SMILES string of the molecule is CCO[C@@](C)(Cn1cncn1)c1ccc(F)cc1F. The molecule has 0 spiro atoms. The molecule has 0 N–H and O–H groups in total. The highest BCUT2D eigenvalue weighted by atomic mass is 19.1. The van der Waals surface area contributed by atoms with E-state index in [2.05, 4.69) is 10.1 Å². The second kappa shape index (κ2) is 5.44. The van der Waals surface area contributed by atoms with Crippen LogP contribution in [0, 0.1) is 11.6 Å². The highest BCUT2D eigenvalue weighted by Gasteiger charge is 2.31. The maximum Gasteiger partial charge on any atom is 0.137 e. The van der Waals surface area contributed by atoms with Gasteiger partial charge in [0.1, 0.15) is 29.9 Å². The summed E-state index contributed by atoms with van der Waals surface area (Å²) < 4.78 is 34.1. The van der Waals surface area contributed by atoms with Gasteiger partial charge in [0, 0.05) is 18.2 Å². The molecule has 0 aliphatic heterocycles. The van der Waals surface area contributed by atoms with E-state index in [9.17, 15) is 8.78 Å². The van der Waals surface area contributed by atoms with Gasteiger partial charge < -0.3 is 4.74 Å². The minimum atomic E-state index is -0.930. The lowest BCUT2D eigenvalue weighted by Gasteiger charge is -2.30. The predicted molar refractivity (Wildman–Crippen MR) is 65.4 cm³/mol. The molecule has 6 heteroatoms. The molecule has 0 saturated carbocycles. The summed E-state index contributed by atoms with van der Waals surface area (Å²) in [6.45, 7) is 4.26. The molecule has 0 fully saturated rings. The summed E-state index contributed by atoms with van der Waals surface area (Å²) in [6.07, 6.45) is 2.92. The molecule has 102 valence electrons. The zero-order valence-corrected chi connectivity index (χ0v) is 10.8. The van der Waals surface area contributed by atoms with Crippen molar-refractivity contribution in [2.75, 3.05) is 6.61 Å². The first kappa shape index (κ1) is 13.6. The summed E-state index contributed by atoms with van der Waals surface area (Å²) in [5.74, 6) is -1.24. The Labute approximate surface area is 110 Å². The molecular formula is C13H15F2N3O. The topological polar surface area (TPSA) is 39.9 Å². The average Bonchev–Trinajstić information content (AvgIpc) is 2.81. The second-order valence-corrected chi connectivity index (χ2v) is 4.38. The number of rotatable bonds is 5. The van der Waals surface area contributed by atoms with Gasteiger partial charge in [-0.15, -0.1) is 0 Å². The summed E-state index contributed by atoms with van der Waals surface area (Å²) in [7, 11) is 0. The van der Waals surface area contributed by atoms with Crippen LogP contribution in [0.1, 0.15) is 19.4 Å². The number of hydrogen-bond donors (Lipinski definition) is 0. The van der Waals surface area contributed by atoms with Crippen molar-refractivity contribution in [3.8, 4) is 0 Å². The third kappa shape index (κ3) is 2.96. The van der Waals surface area contributed by atoms with E-state index in [4.69, 9.17) is 4.74 Å². The molecule has 2 aromatic rings. The van der Waals surface area contributed by atoms with Crippen molar-refractivity contribution in [1.82, 2.24) is 14.8 Å². The van der Waals surface area contributed by atoms with Crippen molar-refractivity contribution in [3.63, 3.8) is 0 Å². The van der Waals surface area contributed by atoms with Crippen LogP contribution in [0.15, 0.2) is 30.9 Å². The molecule has 0 saturated heterocycles. The van der Waals surface area contributed by atoms with Gasteiger partial charge in [-0.25, -0.2) is 18.4 Å². The van der Waals surface area contributed by atoms with E-state index in [1.165, 1.54) is 24.8 Å². The van der Waals surface area contributed by atoms with Crippen molar-refractivity contribution in [1.29, 1.82) is 0 Å². The molecule has 0 aliphatic carbocycles. The highest BCUT2D eigenvalue weighted by molar-refractivity contribution is 5.24. The van der Waals surface area contributed by atoms with Crippen LogP contribution >= 0.6 is 0 Å². The lowest BCUT2D eigenvalue weighted by molar-refractivity contribution is -0.0470. The summed E-state index contributed by atoms with van der Waals surface area (Å²) in [5.41, 5.74) is -0.633. The minimum absolute atomic E-state index is 0.295. The Hall–Kier alpha value is -1.82. The fraction of sp³-hybridized carbons (Fsp3) is 0.385.